The molecular weight excluding hydrogens is 300 g/mol. The van der Waals surface area contributed by atoms with E-state index in [1.165, 1.54) is 39.0 Å². The Kier molecular flexibility index (Phi) is 3.85. The number of ketones is 1. The largest absolute Gasteiger partial charge is 0.463 e. The summed E-state index contributed by atoms with van der Waals surface area (Å²) in [7, 11) is 0. The molecule has 3 nitrogen and oxygen atoms in total. The van der Waals surface area contributed by atoms with Gasteiger partial charge in [-0.15, -0.1) is 0 Å². The van der Waals surface area contributed by atoms with Crippen LogP contribution in [0.15, 0.2) is 0 Å². The van der Waals surface area contributed by atoms with Crippen LogP contribution >= 0.6 is 0 Å². The third-order valence-electron chi connectivity index (χ3n) is 8.52. The molecule has 0 spiro atoms. The molecule has 4 fully saturated rings. The average Bonchev–Trinajstić information content (AvgIpc) is 2.81. The maximum atomic E-state index is 12.1. The highest BCUT2D eigenvalue weighted by Gasteiger charge is 2.59. The van der Waals surface area contributed by atoms with Gasteiger partial charge in [-0.25, -0.2) is 0 Å². The molecule has 0 aromatic rings. The number of hydrogen-bond donors (Lipinski definition) is 0. The number of carbonyl (C=O) groups is 2. The predicted octanol–water partition coefficient (Wildman–Crippen LogP) is 4.53. The summed E-state index contributed by atoms with van der Waals surface area (Å²) in [5, 5.41) is 0. The predicted molar refractivity (Wildman–Crippen MR) is 92.3 cm³/mol. The van der Waals surface area contributed by atoms with Crippen LogP contribution in [0, 0.1) is 34.5 Å². The fraction of sp³-hybridized carbons (Fsp3) is 0.905. The first-order valence-electron chi connectivity index (χ1n) is 10.0. The molecule has 3 heteroatoms. The minimum absolute atomic E-state index is 0.129. The van der Waals surface area contributed by atoms with Crippen LogP contribution in [-0.2, 0) is 14.3 Å². The summed E-state index contributed by atoms with van der Waals surface area (Å²) in [4.78, 5) is 23.5. The highest BCUT2D eigenvalue weighted by molar-refractivity contribution is 5.82. The normalized spacial score (nSPS) is 50.6. The summed E-state index contributed by atoms with van der Waals surface area (Å²) >= 11 is 0. The summed E-state index contributed by atoms with van der Waals surface area (Å²) in [6.45, 7) is 6.42. The quantitative estimate of drug-likeness (QED) is 0.663. The molecule has 0 aromatic heterocycles. The van der Waals surface area contributed by atoms with Gasteiger partial charge in [0.1, 0.15) is 11.9 Å². The van der Waals surface area contributed by atoms with Gasteiger partial charge in [0.25, 0.3) is 0 Å². The molecule has 0 amide bonds. The maximum Gasteiger partial charge on any atom is 0.302 e. The Balaban J connectivity index is 1.54. The van der Waals surface area contributed by atoms with E-state index < -0.39 is 0 Å². The number of carbonyl (C=O) groups excluding carboxylic acids is 2. The standard InChI is InChI=1S/C21H32O3/c1-13(22)24-16-6-9-21(3)14(10-16)4-5-17-18(21)7-8-20(2)12-15(23)11-19(17)20/h14,16-19H,4-12H2,1-3H3/t14-,16+,17+,18+,19+,20+,21-/m0/s1. The van der Waals surface area contributed by atoms with Crippen molar-refractivity contribution in [2.45, 2.75) is 84.7 Å². The Bertz CT molecular complexity index is 555. The minimum Gasteiger partial charge on any atom is -0.463 e. The molecule has 0 N–H and O–H groups in total. The molecule has 7 atom stereocenters. The van der Waals surface area contributed by atoms with Crippen LogP contribution in [0.5, 0.6) is 0 Å². The lowest BCUT2D eigenvalue weighted by Crippen LogP contribution is -2.53. The lowest BCUT2D eigenvalue weighted by molar-refractivity contribution is -0.159. The van der Waals surface area contributed by atoms with Crippen LogP contribution in [-0.4, -0.2) is 17.9 Å². The third-order valence-corrected chi connectivity index (χ3v) is 8.52. The van der Waals surface area contributed by atoms with Crippen molar-refractivity contribution in [1.82, 2.24) is 0 Å². The van der Waals surface area contributed by atoms with E-state index in [2.05, 4.69) is 13.8 Å². The second-order valence-electron chi connectivity index (χ2n) is 9.78. The fourth-order valence-corrected chi connectivity index (χ4v) is 7.34. The second-order valence-corrected chi connectivity index (χ2v) is 9.78. The number of fused-ring (bicyclic) bond motifs is 5. The van der Waals surface area contributed by atoms with Crippen LogP contribution in [0.2, 0.25) is 0 Å². The Morgan fingerprint density at radius 3 is 2.62 bits per heavy atom. The van der Waals surface area contributed by atoms with E-state index in [1.807, 2.05) is 0 Å². The van der Waals surface area contributed by atoms with Crippen LogP contribution < -0.4 is 0 Å². The van der Waals surface area contributed by atoms with Gasteiger partial charge in [-0.05, 0) is 79.4 Å². The highest BCUT2D eigenvalue weighted by atomic mass is 16.5. The number of rotatable bonds is 1. The molecule has 0 aliphatic heterocycles. The zero-order valence-corrected chi connectivity index (χ0v) is 15.5. The van der Waals surface area contributed by atoms with Gasteiger partial charge >= 0.3 is 5.97 Å². The van der Waals surface area contributed by atoms with E-state index in [4.69, 9.17) is 4.74 Å². The minimum atomic E-state index is -0.129. The molecule has 0 unspecified atom stereocenters. The zero-order chi connectivity index (χ0) is 17.1. The summed E-state index contributed by atoms with van der Waals surface area (Å²) in [6.07, 6.45) is 10.2. The Morgan fingerprint density at radius 1 is 1.08 bits per heavy atom. The zero-order valence-electron chi connectivity index (χ0n) is 15.5. The van der Waals surface area contributed by atoms with Gasteiger partial charge < -0.3 is 4.74 Å². The molecule has 0 radical (unpaired) electrons. The SMILES string of the molecule is CC(=O)O[C@@H]1CC[C@@]2(C)[C@@H](CC[C@H]3[C@H]4CC(=O)C[C@@]4(C)CC[C@H]32)C1. The maximum absolute atomic E-state index is 12.1. The summed E-state index contributed by atoms with van der Waals surface area (Å²) in [6, 6.07) is 0. The topological polar surface area (TPSA) is 43.4 Å². The summed E-state index contributed by atoms with van der Waals surface area (Å²) < 4.78 is 5.54. The van der Waals surface area contributed by atoms with Crippen molar-refractivity contribution in [3.05, 3.63) is 0 Å². The lowest BCUT2D eigenvalue weighted by Gasteiger charge is -2.60. The Morgan fingerprint density at radius 2 is 1.88 bits per heavy atom. The van der Waals surface area contributed by atoms with Crippen molar-refractivity contribution in [1.29, 1.82) is 0 Å². The molecule has 0 aromatic carbocycles. The molecule has 4 saturated carbocycles. The van der Waals surface area contributed by atoms with E-state index in [0.717, 1.165) is 37.5 Å². The van der Waals surface area contributed by atoms with Crippen LogP contribution in [0.25, 0.3) is 0 Å². The molecule has 24 heavy (non-hydrogen) atoms. The van der Waals surface area contributed by atoms with Crippen molar-refractivity contribution < 1.29 is 14.3 Å². The molecule has 134 valence electrons. The first-order valence-corrected chi connectivity index (χ1v) is 10.0. The van der Waals surface area contributed by atoms with Crippen molar-refractivity contribution in [3.8, 4) is 0 Å². The first-order chi connectivity index (χ1) is 11.3. The molecule has 4 aliphatic rings. The smallest absolute Gasteiger partial charge is 0.302 e. The van der Waals surface area contributed by atoms with Gasteiger partial charge in [0.2, 0.25) is 0 Å². The van der Waals surface area contributed by atoms with Crippen LogP contribution in [0.3, 0.4) is 0 Å². The fourth-order valence-electron chi connectivity index (χ4n) is 7.34. The highest BCUT2D eigenvalue weighted by Crippen LogP contribution is 2.65. The Labute approximate surface area is 145 Å². The van der Waals surface area contributed by atoms with Crippen molar-refractivity contribution in [2.24, 2.45) is 34.5 Å². The lowest BCUT2D eigenvalue weighted by atomic mass is 9.45. The molecule has 0 saturated heterocycles. The third kappa shape index (κ3) is 2.45. The van der Waals surface area contributed by atoms with Gasteiger partial charge in [0, 0.05) is 19.8 Å². The van der Waals surface area contributed by atoms with Gasteiger partial charge in [0.05, 0.1) is 0 Å². The number of esters is 1. The number of ether oxygens (including phenoxy) is 1. The molecule has 4 rings (SSSR count). The van der Waals surface area contributed by atoms with Crippen molar-refractivity contribution >= 4 is 11.8 Å². The molecule has 0 heterocycles. The first kappa shape index (κ1) is 16.6. The van der Waals surface area contributed by atoms with Gasteiger partial charge in [-0.3, -0.25) is 9.59 Å². The second kappa shape index (κ2) is 5.57. The Hall–Kier alpha value is -0.860. The number of hydrogen-bond acceptors (Lipinski definition) is 3. The average molecular weight is 332 g/mol. The summed E-state index contributed by atoms with van der Waals surface area (Å²) in [5.74, 6) is 3.23. The number of Topliss-reactive ketones (excluding diaryl/α,β-unsaturated/α-hetero) is 1. The van der Waals surface area contributed by atoms with E-state index in [0.29, 0.717) is 23.0 Å². The van der Waals surface area contributed by atoms with Gasteiger partial charge in [-0.1, -0.05) is 13.8 Å². The summed E-state index contributed by atoms with van der Waals surface area (Å²) in [5.41, 5.74) is 0.683. The van der Waals surface area contributed by atoms with Crippen LogP contribution in [0.1, 0.15) is 78.6 Å². The van der Waals surface area contributed by atoms with Crippen molar-refractivity contribution in [2.75, 3.05) is 0 Å². The molecular formula is C21H32O3. The van der Waals surface area contributed by atoms with Crippen molar-refractivity contribution in [3.63, 3.8) is 0 Å². The van der Waals surface area contributed by atoms with Gasteiger partial charge in [-0.2, -0.15) is 0 Å². The van der Waals surface area contributed by atoms with E-state index in [1.54, 1.807) is 0 Å². The van der Waals surface area contributed by atoms with E-state index in [-0.39, 0.29) is 17.5 Å². The van der Waals surface area contributed by atoms with Gasteiger partial charge in [0.15, 0.2) is 0 Å². The van der Waals surface area contributed by atoms with E-state index >= 15 is 0 Å². The monoisotopic (exact) mass is 332 g/mol. The molecule has 4 aliphatic carbocycles. The van der Waals surface area contributed by atoms with E-state index in [9.17, 15) is 9.59 Å². The molecule has 0 bridgehead atoms. The van der Waals surface area contributed by atoms with Crippen LogP contribution in [0.4, 0.5) is 0 Å².